The van der Waals surface area contributed by atoms with Crippen molar-refractivity contribution in [2.75, 3.05) is 13.1 Å². The molecule has 34 heavy (non-hydrogen) atoms. The fourth-order valence-electron chi connectivity index (χ4n) is 4.27. The van der Waals surface area contributed by atoms with Crippen molar-refractivity contribution in [3.05, 3.63) is 29.8 Å². The van der Waals surface area contributed by atoms with Gasteiger partial charge in [0.15, 0.2) is 0 Å². The molecule has 2 saturated heterocycles. The van der Waals surface area contributed by atoms with E-state index in [9.17, 15) is 9.59 Å². The Morgan fingerprint density at radius 2 is 1.53 bits per heavy atom. The maximum absolute atomic E-state index is 13.4. The van der Waals surface area contributed by atoms with E-state index in [4.69, 9.17) is 14.0 Å². The van der Waals surface area contributed by atoms with Crippen molar-refractivity contribution in [1.29, 1.82) is 0 Å². The average molecular weight is 472 g/mol. The van der Waals surface area contributed by atoms with Crippen molar-refractivity contribution in [3.8, 4) is 0 Å². The molecular formula is C26H41BN2O5. The fraction of sp³-hybridized carbons (Fsp3) is 0.692. The van der Waals surface area contributed by atoms with Crippen molar-refractivity contribution < 1.29 is 23.6 Å². The van der Waals surface area contributed by atoms with Gasteiger partial charge in [0.1, 0.15) is 11.6 Å². The Morgan fingerprint density at radius 1 is 1.00 bits per heavy atom. The highest BCUT2D eigenvalue weighted by Crippen LogP contribution is 2.36. The van der Waals surface area contributed by atoms with Crippen LogP contribution in [0, 0.1) is 0 Å². The predicted octanol–water partition coefficient (Wildman–Crippen LogP) is 4.00. The highest BCUT2D eigenvalue weighted by molar-refractivity contribution is 6.62. The quantitative estimate of drug-likeness (QED) is 0.656. The summed E-state index contributed by atoms with van der Waals surface area (Å²) in [5.41, 5.74) is 0.413. The van der Waals surface area contributed by atoms with Crippen LogP contribution < -0.4 is 10.8 Å². The minimum absolute atomic E-state index is 0.0619. The van der Waals surface area contributed by atoms with Crippen LogP contribution in [0.5, 0.6) is 0 Å². The largest absolute Gasteiger partial charge is 0.494 e. The number of hydrogen-bond acceptors (Lipinski definition) is 5. The number of hydrogen-bond donors (Lipinski definition) is 1. The molecule has 0 radical (unpaired) electrons. The van der Waals surface area contributed by atoms with Gasteiger partial charge in [0.05, 0.1) is 11.2 Å². The van der Waals surface area contributed by atoms with Crippen molar-refractivity contribution in [2.45, 2.75) is 103 Å². The molecule has 0 spiro atoms. The number of likely N-dealkylation sites (tertiary alicyclic amines) is 1. The number of alkyl carbamates (subject to hydrolysis) is 1. The molecule has 2 amide bonds. The van der Waals surface area contributed by atoms with E-state index < -0.39 is 36.1 Å². The molecule has 0 saturated carbocycles. The number of carbonyl (C=O) groups excluding carboxylic acids is 2. The molecule has 2 aliphatic rings. The third-order valence-electron chi connectivity index (χ3n) is 7.09. The molecule has 0 bridgehead atoms. The first-order valence-corrected chi connectivity index (χ1v) is 12.4. The molecule has 1 unspecified atom stereocenters. The first kappa shape index (κ1) is 26.5. The third kappa shape index (κ3) is 6.14. The Hall–Kier alpha value is -2.06. The third-order valence-corrected chi connectivity index (χ3v) is 7.09. The minimum atomic E-state index is -0.712. The van der Waals surface area contributed by atoms with Crippen molar-refractivity contribution >= 4 is 24.6 Å². The monoisotopic (exact) mass is 472 g/mol. The van der Waals surface area contributed by atoms with Crippen LogP contribution in [0.1, 0.15) is 86.1 Å². The molecule has 2 heterocycles. The Labute approximate surface area is 205 Å². The number of piperidine rings is 1. The van der Waals surface area contributed by atoms with Crippen LogP contribution in [0.2, 0.25) is 0 Å². The van der Waals surface area contributed by atoms with E-state index in [-0.39, 0.29) is 11.8 Å². The second kappa shape index (κ2) is 9.90. The number of amides is 2. The Balaban J connectivity index is 1.79. The van der Waals surface area contributed by atoms with Crippen LogP contribution >= 0.6 is 0 Å². The number of carbonyl (C=O) groups is 2. The molecule has 1 aromatic carbocycles. The van der Waals surface area contributed by atoms with Crippen LogP contribution in [0.4, 0.5) is 4.79 Å². The molecule has 2 atom stereocenters. The number of ether oxygens (including phenoxy) is 1. The summed E-state index contributed by atoms with van der Waals surface area (Å²) in [6, 6.07) is 7.21. The van der Waals surface area contributed by atoms with Crippen LogP contribution in [-0.4, -0.2) is 60.0 Å². The van der Waals surface area contributed by atoms with E-state index >= 15 is 0 Å². The SMILES string of the molecule is CC(c1ccc(B2OC(C)(C)C(C)(C)O2)cc1)[C@H](NC(=O)OC(C)(C)C)C(=O)N1CCCCC1. The smallest absolute Gasteiger partial charge is 0.444 e. The molecule has 1 aromatic rings. The summed E-state index contributed by atoms with van der Waals surface area (Å²) in [6.07, 6.45) is 2.53. The summed E-state index contributed by atoms with van der Waals surface area (Å²) in [5, 5.41) is 2.86. The molecule has 2 aliphatic heterocycles. The van der Waals surface area contributed by atoms with Crippen molar-refractivity contribution in [3.63, 3.8) is 0 Å². The zero-order valence-electron chi connectivity index (χ0n) is 22.1. The second-order valence-corrected chi connectivity index (χ2v) is 11.6. The van der Waals surface area contributed by atoms with Gasteiger partial charge in [0.2, 0.25) is 5.91 Å². The van der Waals surface area contributed by atoms with Gasteiger partial charge in [-0.05, 0) is 78.8 Å². The summed E-state index contributed by atoms with van der Waals surface area (Å²) >= 11 is 0. The van der Waals surface area contributed by atoms with E-state index in [2.05, 4.69) is 5.32 Å². The lowest BCUT2D eigenvalue weighted by Gasteiger charge is -2.33. The highest BCUT2D eigenvalue weighted by atomic mass is 16.7. The maximum Gasteiger partial charge on any atom is 0.494 e. The number of nitrogens with one attached hydrogen (secondary N) is 1. The minimum Gasteiger partial charge on any atom is -0.444 e. The van der Waals surface area contributed by atoms with Gasteiger partial charge >= 0.3 is 13.2 Å². The van der Waals surface area contributed by atoms with Gasteiger partial charge in [0.25, 0.3) is 0 Å². The molecule has 0 aliphatic carbocycles. The summed E-state index contributed by atoms with van der Waals surface area (Å²) in [5.74, 6) is -0.303. The van der Waals surface area contributed by atoms with Crippen LogP contribution in [0.25, 0.3) is 0 Å². The number of rotatable bonds is 5. The van der Waals surface area contributed by atoms with Gasteiger partial charge in [-0.3, -0.25) is 4.79 Å². The van der Waals surface area contributed by atoms with Crippen molar-refractivity contribution in [1.82, 2.24) is 10.2 Å². The lowest BCUT2D eigenvalue weighted by molar-refractivity contribution is -0.134. The number of nitrogens with zero attached hydrogens (tertiary/aromatic N) is 1. The summed E-state index contributed by atoms with van der Waals surface area (Å²) in [6.45, 7) is 17.0. The summed E-state index contributed by atoms with van der Waals surface area (Å²) in [7, 11) is -0.444. The van der Waals surface area contributed by atoms with Gasteiger partial charge in [-0.1, -0.05) is 31.2 Å². The molecule has 1 N–H and O–H groups in total. The topological polar surface area (TPSA) is 77.1 Å². The molecular weight excluding hydrogens is 431 g/mol. The van der Waals surface area contributed by atoms with Gasteiger partial charge in [-0.25, -0.2) is 4.79 Å². The Morgan fingerprint density at radius 3 is 2.03 bits per heavy atom. The van der Waals surface area contributed by atoms with E-state index in [1.165, 1.54) is 0 Å². The summed E-state index contributed by atoms with van der Waals surface area (Å²) in [4.78, 5) is 27.9. The summed E-state index contributed by atoms with van der Waals surface area (Å²) < 4.78 is 17.8. The molecule has 188 valence electrons. The van der Waals surface area contributed by atoms with Crippen molar-refractivity contribution in [2.24, 2.45) is 0 Å². The first-order valence-electron chi connectivity index (χ1n) is 12.4. The number of benzene rings is 1. The van der Waals surface area contributed by atoms with E-state index in [0.717, 1.165) is 43.4 Å². The first-order chi connectivity index (χ1) is 15.7. The molecule has 8 heteroatoms. The zero-order valence-corrected chi connectivity index (χ0v) is 22.1. The van der Waals surface area contributed by atoms with Gasteiger partial charge < -0.3 is 24.3 Å². The highest BCUT2D eigenvalue weighted by Gasteiger charge is 2.51. The fourth-order valence-corrected chi connectivity index (χ4v) is 4.27. The normalized spacial score (nSPS) is 21.6. The van der Waals surface area contributed by atoms with E-state index in [1.807, 2.05) is 84.6 Å². The molecule has 3 rings (SSSR count). The molecule has 2 fully saturated rings. The Kier molecular flexibility index (Phi) is 7.73. The predicted molar refractivity (Wildman–Crippen MR) is 134 cm³/mol. The lowest BCUT2D eigenvalue weighted by Crippen LogP contribution is -2.53. The van der Waals surface area contributed by atoms with Gasteiger partial charge in [-0.2, -0.15) is 0 Å². The molecule has 0 aromatic heterocycles. The lowest BCUT2D eigenvalue weighted by atomic mass is 9.78. The van der Waals surface area contributed by atoms with Gasteiger partial charge in [-0.15, -0.1) is 0 Å². The van der Waals surface area contributed by atoms with E-state index in [1.54, 1.807) is 0 Å². The average Bonchev–Trinajstić information content (AvgIpc) is 2.97. The molecule has 7 nitrogen and oxygen atoms in total. The van der Waals surface area contributed by atoms with Crippen LogP contribution in [0.3, 0.4) is 0 Å². The zero-order chi connectivity index (χ0) is 25.3. The van der Waals surface area contributed by atoms with Gasteiger partial charge in [0, 0.05) is 19.0 Å². The second-order valence-electron chi connectivity index (χ2n) is 11.6. The maximum atomic E-state index is 13.4. The Bertz CT molecular complexity index is 856. The standard InChI is InChI=1S/C26H41BN2O5/c1-18(19-12-14-20(15-13-19)27-33-25(5,6)26(7,8)34-27)21(28-23(31)32-24(2,3)4)22(30)29-16-10-9-11-17-29/h12-15,18,21H,9-11,16-17H2,1-8H3,(H,28,31)/t18?,21-/m0/s1. The van der Waals surface area contributed by atoms with E-state index in [0.29, 0.717) is 0 Å². The van der Waals surface area contributed by atoms with Crippen LogP contribution in [0.15, 0.2) is 24.3 Å². The van der Waals surface area contributed by atoms with Crippen LogP contribution in [-0.2, 0) is 18.8 Å².